The van der Waals surface area contributed by atoms with E-state index >= 15 is 0 Å². The number of rotatable bonds is 7. The minimum atomic E-state index is 0.463. The van der Waals surface area contributed by atoms with Gasteiger partial charge in [0.25, 0.3) is 0 Å². The third-order valence-corrected chi connectivity index (χ3v) is 3.13. The van der Waals surface area contributed by atoms with Crippen LogP contribution in [0, 0.1) is 13.8 Å². The smallest absolute Gasteiger partial charge is 0.0615 e. The van der Waals surface area contributed by atoms with Crippen molar-refractivity contribution in [2.24, 2.45) is 0 Å². The normalized spacial score (nSPS) is 12.7. The molecule has 0 aliphatic rings. The monoisotopic (exact) mass is 235 g/mol. The molecule has 0 bridgehead atoms. The second kappa shape index (κ2) is 7.46. The molecule has 2 nitrogen and oxygen atoms in total. The molecule has 1 aromatic rings. The Labute approximate surface area is 105 Å². The van der Waals surface area contributed by atoms with Gasteiger partial charge >= 0.3 is 0 Å². The van der Waals surface area contributed by atoms with Crippen LogP contribution in [0.1, 0.15) is 30.0 Å². The molecular weight excluding hydrogens is 210 g/mol. The largest absolute Gasteiger partial charge is 0.383 e. The van der Waals surface area contributed by atoms with Crippen LogP contribution in [0.15, 0.2) is 18.2 Å². The topological polar surface area (TPSA) is 21.3 Å². The zero-order valence-corrected chi connectivity index (χ0v) is 11.5. The van der Waals surface area contributed by atoms with E-state index in [0.717, 1.165) is 26.0 Å². The van der Waals surface area contributed by atoms with E-state index in [-0.39, 0.29) is 0 Å². The maximum absolute atomic E-state index is 5.24. The van der Waals surface area contributed by atoms with Crippen LogP contribution in [-0.2, 0) is 11.2 Å². The van der Waals surface area contributed by atoms with Gasteiger partial charge in [0.2, 0.25) is 0 Å². The summed E-state index contributed by atoms with van der Waals surface area (Å²) in [6.07, 6.45) is 2.25. The molecule has 0 saturated heterocycles. The first-order valence-corrected chi connectivity index (χ1v) is 6.45. The van der Waals surface area contributed by atoms with Gasteiger partial charge in [0.15, 0.2) is 0 Å². The molecule has 0 radical (unpaired) electrons. The van der Waals surface area contributed by atoms with Crippen molar-refractivity contribution < 1.29 is 4.74 Å². The molecule has 96 valence electrons. The highest BCUT2D eigenvalue weighted by molar-refractivity contribution is 5.30. The van der Waals surface area contributed by atoms with E-state index in [9.17, 15) is 0 Å². The number of nitrogens with one attached hydrogen (secondary N) is 1. The fourth-order valence-corrected chi connectivity index (χ4v) is 2.13. The van der Waals surface area contributed by atoms with Crippen molar-refractivity contribution in [2.45, 2.75) is 39.7 Å². The number of hydrogen-bond acceptors (Lipinski definition) is 2. The molecule has 2 heteroatoms. The number of likely N-dealkylation sites (N-methyl/N-ethyl adjacent to an activating group) is 1. The highest BCUT2D eigenvalue weighted by atomic mass is 16.5. The van der Waals surface area contributed by atoms with E-state index in [1.807, 2.05) is 0 Å². The lowest BCUT2D eigenvalue weighted by atomic mass is 9.99. The van der Waals surface area contributed by atoms with Gasteiger partial charge in [0, 0.05) is 13.2 Å². The summed E-state index contributed by atoms with van der Waals surface area (Å²) in [4.78, 5) is 0. The van der Waals surface area contributed by atoms with Crippen LogP contribution in [0.5, 0.6) is 0 Å². The first kappa shape index (κ1) is 14.2. The molecule has 0 saturated carbocycles. The number of ether oxygens (including phenoxy) is 1. The zero-order valence-electron chi connectivity index (χ0n) is 11.5. The molecule has 0 aliphatic heterocycles. The van der Waals surface area contributed by atoms with Crippen molar-refractivity contribution in [2.75, 3.05) is 20.3 Å². The van der Waals surface area contributed by atoms with Gasteiger partial charge in [-0.1, -0.05) is 30.7 Å². The summed E-state index contributed by atoms with van der Waals surface area (Å²) in [7, 11) is 1.77. The standard InChI is InChI=1S/C15H25NO/c1-5-16-15(11-17-4)9-8-14-10-12(2)6-7-13(14)3/h6-7,10,15-16H,5,8-9,11H2,1-4H3. The Bertz CT molecular complexity index is 330. The van der Waals surface area contributed by atoms with Gasteiger partial charge in [0.1, 0.15) is 0 Å². The van der Waals surface area contributed by atoms with E-state index in [1.165, 1.54) is 16.7 Å². The summed E-state index contributed by atoms with van der Waals surface area (Å²) < 4.78 is 5.24. The Morgan fingerprint density at radius 1 is 1.29 bits per heavy atom. The maximum atomic E-state index is 5.24. The molecule has 1 unspecified atom stereocenters. The van der Waals surface area contributed by atoms with Gasteiger partial charge in [0.05, 0.1) is 6.61 Å². The third kappa shape index (κ3) is 4.88. The molecule has 0 spiro atoms. The van der Waals surface area contributed by atoms with Gasteiger partial charge in [-0.15, -0.1) is 0 Å². The van der Waals surface area contributed by atoms with Crippen LogP contribution in [0.4, 0.5) is 0 Å². The molecule has 0 amide bonds. The highest BCUT2D eigenvalue weighted by Gasteiger charge is 2.08. The molecule has 1 atom stereocenters. The average Bonchev–Trinajstić information content (AvgIpc) is 2.30. The average molecular weight is 235 g/mol. The van der Waals surface area contributed by atoms with Gasteiger partial charge < -0.3 is 10.1 Å². The fourth-order valence-electron chi connectivity index (χ4n) is 2.13. The second-order valence-corrected chi connectivity index (χ2v) is 4.68. The van der Waals surface area contributed by atoms with Crippen molar-refractivity contribution >= 4 is 0 Å². The second-order valence-electron chi connectivity index (χ2n) is 4.68. The molecule has 0 aliphatic carbocycles. The number of benzene rings is 1. The highest BCUT2D eigenvalue weighted by Crippen LogP contribution is 2.13. The summed E-state index contributed by atoms with van der Waals surface area (Å²) in [5.41, 5.74) is 4.20. The fraction of sp³-hybridized carbons (Fsp3) is 0.600. The quantitative estimate of drug-likeness (QED) is 0.784. The molecule has 0 heterocycles. The summed E-state index contributed by atoms with van der Waals surface area (Å²) in [6.45, 7) is 8.27. The van der Waals surface area contributed by atoms with Crippen LogP contribution in [-0.4, -0.2) is 26.3 Å². The molecule has 1 rings (SSSR count). The molecular formula is C15H25NO. The van der Waals surface area contributed by atoms with Crippen LogP contribution < -0.4 is 5.32 Å². The lowest BCUT2D eigenvalue weighted by Crippen LogP contribution is -2.33. The molecule has 0 fully saturated rings. The van der Waals surface area contributed by atoms with Crippen LogP contribution in [0.2, 0.25) is 0 Å². The predicted octanol–water partition coefficient (Wildman–Crippen LogP) is 2.86. The van der Waals surface area contributed by atoms with E-state index in [1.54, 1.807) is 7.11 Å². The first-order chi connectivity index (χ1) is 8.17. The SMILES string of the molecule is CCNC(CCc1cc(C)ccc1C)COC. The summed E-state index contributed by atoms with van der Waals surface area (Å²) >= 11 is 0. The molecule has 1 aromatic carbocycles. The first-order valence-electron chi connectivity index (χ1n) is 6.45. The lowest BCUT2D eigenvalue weighted by Gasteiger charge is -2.17. The number of hydrogen-bond donors (Lipinski definition) is 1. The van der Waals surface area contributed by atoms with Crippen LogP contribution in [0.3, 0.4) is 0 Å². The lowest BCUT2D eigenvalue weighted by molar-refractivity contribution is 0.163. The molecule has 0 aromatic heterocycles. The summed E-state index contributed by atoms with van der Waals surface area (Å²) in [5, 5.41) is 3.46. The van der Waals surface area contributed by atoms with E-state index in [0.29, 0.717) is 6.04 Å². The molecule has 17 heavy (non-hydrogen) atoms. The van der Waals surface area contributed by atoms with E-state index in [4.69, 9.17) is 4.74 Å². The Morgan fingerprint density at radius 2 is 2.06 bits per heavy atom. The minimum Gasteiger partial charge on any atom is -0.383 e. The predicted molar refractivity (Wildman–Crippen MR) is 73.6 cm³/mol. The zero-order chi connectivity index (χ0) is 12.7. The van der Waals surface area contributed by atoms with Crippen molar-refractivity contribution in [3.05, 3.63) is 34.9 Å². The van der Waals surface area contributed by atoms with E-state index in [2.05, 4.69) is 44.3 Å². The Kier molecular flexibility index (Phi) is 6.23. The van der Waals surface area contributed by atoms with Gasteiger partial charge in [-0.2, -0.15) is 0 Å². The van der Waals surface area contributed by atoms with E-state index < -0.39 is 0 Å². The van der Waals surface area contributed by atoms with Crippen molar-refractivity contribution in [3.63, 3.8) is 0 Å². The minimum absolute atomic E-state index is 0.463. The van der Waals surface area contributed by atoms with Gasteiger partial charge in [-0.25, -0.2) is 0 Å². The Balaban J connectivity index is 2.55. The molecule has 1 N–H and O–H groups in total. The Hall–Kier alpha value is -0.860. The van der Waals surface area contributed by atoms with Gasteiger partial charge in [-0.05, 0) is 44.4 Å². The summed E-state index contributed by atoms with van der Waals surface area (Å²) in [5.74, 6) is 0. The van der Waals surface area contributed by atoms with Gasteiger partial charge in [-0.3, -0.25) is 0 Å². The van der Waals surface area contributed by atoms with Crippen molar-refractivity contribution in [1.29, 1.82) is 0 Å². The number of methoxy groups -OCH3 is 1. The van der Waals surface area contributed by atoms with Crippen molar-refractivity contribution in [3.8, 4) is 0 Å². The number of aryl methyl sites for hydroxylation is 3. The Morgan fingerprint density at radius 3 is 2.71 bits per heavy atom. The maximum Gasteiger partial charge on any atom is 0.0615 e. The van der Waals surface area contributed by atoms with Crippen LogP contribution >= 0.6 is 0 Å². The third-order valence-electron chi connectivity index (χ3n) is 3.13. The summed E-state index contributed by atoms with van der Waals surface area (Å²) in [6, 6.07) is 7.15. The van der Waals surface area contributed by atoms with Crippen LogP contribution in [0.25, 0.3) is 0 Å². The van der Waals surface area contributed by atoms with Crippen molar-refractivity contribution in [1.82, 2.24) is 5.32 Å².